The van der Waals surface area contributed by atoms with Crippen molar-refractivity contribution >= 4 is 5.78 Å². The van der Waals surface area contributed by atoms with Crippen LogP contribution in [0.25, 0.3) is 39.7 Å². The third kappa shape index (κ3) is 4.73. The summed E-state index contributed by atoms with van der Waals surface area (Å²) in [6.07, 6.45) is 9.96. The summed E-state index contributed by atoms with van der Waals surface area (Å²) in [5.41, 5.74) is 5.49. The van der Waals surface area contributed by atoms with Gasteiger partial charge < -0.3 is 0 Å². The van der Waals surface area contributed by atoms with Crippen molar-refractivity contribution in [3.05, 3.63) is 103 Å². The minimum atomic E-state index is -0.431. The molecule has 1 aliphatic heterocycles. The second kappa shape index (κ2) is 10.4. The van der Waals surface area contributed by atoms with Gasteiger partial charge in [-0.1, -0.05) is 54.6 Å². The number of fused-ring (bicyclic) bond motifs is 1. The fourth-order valence-electron chi connectivity index (χ4n) is 5.31. The van der Waals surface area contributed by atoms with Crippen molar-refractivity contribution in [2.75, 3.05) is 13.1 Å². The number of nitrogens with one attached hydrogen (secondary N) is 1. The van der Waals surface area contributed by atoms with E-state index in [2.05, 4.69) is 59.3 Å². The first kappa shape index (κ1) is 24.2. The van der Waals surface area contributed by atoms with Crippen LogP contribution < -0.4 is 0 Å². The fourth-order valence-corrected chi connectivity index (χ4v) is 5.31. The molecule has 4 aromatic heterocycles. The zero-order chi connectivity index (χ0) is 26.9. The molecule has 0 saturated carbocycles. The Balaban J connectivity index is 1.05. The third-order valence-electron chi connectivity index (χ3n) is 7.44. The van der Waals surface area contributed by atoms with Gasteiger partial charge in [0.2, 0.25) is 17.5 Å². The maximum absolute atomic E-state index is 14.3. The van der Waals surface area contributed by atoms with Crippen molar-refractivity contribution in [3.63, 3.8) is 0 Å². The molecule has 0 amide bonds. The number of likely N-dealkylation sites (tertiary alicyclic amines) is 1. The van der Waals surface area contributed by atoms with Gasteiger partial charge in [-0.05, 0) is 37.1 Å². The number of hydrogen-bond acceptors (Lipinski definition) is 7. The molecule has 198 valence electrons. The van der Waals surface area contributed by atoms with Gasteiger partial charge in [0.25, 0.3) is 0 Å². The van der Waals surface area contributed by atoms with Crippen molar-refractivity contribution in [2.24, 2.45) is 0 Å². The Morgan fingerprint density at radius 3 is 2.48 bits per heavy atom. The summed E-state index contributed by atoms with van der Waals surface area (Å²) in [5.74, 6) is 1.77. The number of imidazole rings is 1. The maximum atomic E-state index is 14.3. The van der Waals surface area contributed by atoms with E-state index < -0.39 is 5.95 Å². The normalized spacial score (nSPS) is 14.6. The van der Waals surface area contributed by atoms with Crippen molar-refractivity contribution < 1.29 is 4.39 Å². The minimum Gasteiger partial charge on any atom is -0.299 e. The smallest absolute Gasteiger partial charge is 0.236 e. The van der Waals surface area contributed by atoms with Gasteiger partial charge in [0.1, 0.15) is 11.5 Å². The summed E-state index contributed by atoms with van der Waals surface area (Å²) in [4.78, 5) is 24.4. The van der Waals surface area contributed by atoms with Crippen LogP contribution in [0.4, 0.5) is 4.39 Å². The monoisotopic (exact) mass is 531 g/mol. The van der Waals surface area contributed by atoms with Crippen molar-refractivity contribution in [3.8, 4) is 33.9 Å². The minimum absolute atomic E-state index is 0.342. The Morgan fingerprint density at radius 1 is 0.875 bits per heavy atom. The van der Waals surface area contributed by atoms with Gasteiger partial charge in [0.15, 0.2) is 0 Å². The van der Waals surface area contributed by atoms with Crippen LogP contribution in [0, 0.1) is 5.95 Å². The molecule has 6 aromatic rings. The Hall–Kier alpha value is -4.83. The number of halogens is 1. The molecule has 10 heteroatoms. The zero-order valence-electron chi connectivity index (χ0n) is 21.7. The predicted molar refractivity (Wildman–Crippen MR) is 148 cm³/mol. The summed E-state index contributed by atoms with van der Waals surface area (Å²) < 4.78 is 15.7. The van der Waals surface area contributed by atoms with E-state index in [1.54, 1.807) is 24.8 Å². The molecule has 1 saturated heterocycles. The van der Waals surface area contributed by atoms with Crippen molar-refractivity contribution in [1.29, 1.82) is 0 Å². The standard InChI is InChI=1S/C30H26FN9/c31-26-17-34-30-35-27(24(19-40(26)30)21-4-2-1-3-5-21)22-8-6-20(7-9-22)18-39-14-10-23(11-15-39)28-36-29(38-37-28)25-16-32-12-13-33-25/h1-9,12-13,16-17,19,23H,10-11,14-15,18H2,(H,36,37,38). The number of nitrogens with zero attached hydrogens (tertiary/aromatic N) is 8. The van der Waals surface area contributed by atoms with Crippen molar-refractivity contribution in [2.45, 2.75) is 25.3 Å². The van der Waals surface area contributed by atoms with E-state index in [9.17, 15) is 4.39 Å². The number of hydrogen-bond donors (Lipinski definition) is 1. The van der Waals surface area contributed by atoms with E-state index in [0.29, 0.717) is 23.2 Å². The first-order valence-electron chi connectivity index (χ1n) is 13.3. The van der Waals surface area contributed by atoms with Gasteiger partial charge in [-0.15, -0.1) is 0 Å². The molecular formula is C30H26FN9. The highest BCUT2D eigenvalue weighted by Gasteiger charge is 2.24. The molecule has 0 unspecified atom stereocenters. The molecule has 0 radical (unpaired) electrons. The van der Waals surface area contributed by atoms with Gasteiger partial charge in [-0.3, -0.25) is 19.4 Å². The van der Waals surface area contributed by atoms with E-state index in [1.165, 1.54) is 16.2 Å². The molecule has 0 aliphatic carbocycles. The van der Waals surface area contributed by atoms with Crippen LogP contribution in [0.15, 0.2) is 85.6 Å². The van der Waals surface area contributed by atoms with E-state index in [0.717, 1.165) is 60.7 Å². The molecule has 40 heavy (non-hydrogen) atoms. The van der Waals surface area contributed by atoms with E-state index in [1.807, 2.05) is 30.3 Å². The Bertz CT molecular complexity index is 1740. The number of aromatic amines is 1. The van der Waals surface area contributed by atoms with Gasteiger partial charge in [0, 0.05) is 42.2 Å². The molecule has 2 aromatic carbocycles. The van der Waals surface area contributed by atoms with E-state index >= 15 is 0 Å². The van der Waals surface area contributed by atoms with Crippen LogP contribution >= 0.6 is 0 Å². The molecule has 9 nitrogen and oxygen atoms in total. The molecule has 0 atom stereocenters. The molecular weight excluding hydrogens is 505 g/mol. The SMILES string of the molecule is Fc1cnc2nc(-c3ccc(CN4CCC(c5nc(-c6cnccn6)n[nH]5)CC4)cc3)c(-c3ccccc3)cn12. The molecule has 0 bridgehead atoms. The summed E-state index contributed by atoms with van der Waals surface area (Å²) in [7, 11) is 0. The maximum Gasteiger partial charge on any atom is 0.236 e. The average molecular weight is 532 g/mol. The lowest BCUT2D eigenvalue weighted by atomic mass is 9.95. The molecule has 5 heterocycles. The molecule has 1 fully saturated rings. The highest BCUT2D eigenvalue weighted by molar-refractivity contribution is 5.81. The first-order valence-corrected chi connectivity index (χ1v) is 13.3. The van der Waals surface area contributed by atoms with Crippen LogP contribution in [0.3, 0.4) is 0 Å². The van der Waals surface area contributed by atoms with Crippen molar-refractivity contribution in [1.82, 2.24) is 44.4 Å². The number of piperidine rings is 1. The lowest BCUT2D eigenvalue weighted by Crippen LogP contribution is -2.32. The van der Waals surface area contributed by atoms with Crippen LogP contribution in [-0.4, -0.2) is 57.5 Å². The summed E-state index contributed by atoms with van der Waals surface area (Å²) >= 11 is 0. The second-order valence-electron chi connectivity index (χ2n) is 10.0. The van der Waals surface area contributed by atoms with Gasteiger partial charge in [-0.2, -0.15) is 9.49 Å². The molecule has 7 rings (SSSR count). The number of rotatable bonds is 6. The lowest BCUT2D eigenvalue weighted by Gasteiger charge is -2.31. The quantitative estimate of drug-likeness (QED) is 0.317. The number of aromatic nitrogens is 8. The number of H-pyrrole nitrogens is 1. The third-order valence-corrected chi connectivity index (χ3v) is 7.44. The molecule has 1 aliphatic rings. The number of benzene rings is 2. The summed E-state index contributed by atoms with van der Waals surface area (Å²) in [6.45, 7) is 2.84. The van der Waals surface area contributed by atoms with E-state index in [-0.39, 0.29) is 0 Å². The molecule has 1 N–H and O–H groups in total. The average Bonchev–Trinajstić information content (AvgIpc) is 3.65. The highest BCUT2D eigenvalue weighted by atomic mass is 19.1. The van der Waals surface area contributed by atoms with Gasteiger partial charge in [-0.25, -0.2) is 19.9 Å². The van der Waals surface area contributed by atoms with Crippen LogP contribution in [-0.2, 0) is 6.54 Å². The van der Waals surface area contributed by atoms with Crippen LogP contribution in [0.2, 0.25) is 0 Å². The Labute approximate surface area is 229 Å². The Morgan fingerprint density at radius 2 is 1.70 bits per heavy atom. The topological polar surface area (TPSA) is 101 Å². The first-order chi connectivity index (χ1) is 19.7. The summed E-state index contributed by atoms with van der Waals surface area (Å²) in [6, 6.07) is 18.4. The Kier molecular flexibility index (Phi) is 6.29. The second-order valence-corrected chi connectivity index (χ2v) is 10.0. The van der Waals surface area contributed by atoms with Gasteiger partial charge in [0.05, 0.1) is 18.1 Å². The highest BCUT2D eigenvalue weighted by Crippen LogP contribution is 2.32. The lowest BCUT2D eigenvalue weighted by molar-refractivity contribution is 0.202. The largest absolute Gasteiger partial charge is 0.299 e. The van der Waals surface area contributed by atoms with Crippen LogP contribution in [0.5, 0.6) is 0 Å². The van der Waals surface area contributed by atoms with Crippen LogP contribution in [0.1, 0.15) is 30.1 Å². The predicted octanol–water partition coefficient (Wildman–Crippen LogP) is 5.16. The fraction of sp³-hybridized carbons (Fsp3) is 0.200. The van der Waals surface area contributed by atoms with E-state index in [4.69, 9.17) is 4.98 Å². The zero-order valence-corrected chi connectivity index (χ0v) is 21.7. The summed E-state index contributed by atoms with van der Waals surface area (Å²) in [5, 5.41) is 7.45. The molecule has 0 spiro atoms. The van der Waals surface area contributed by atoms with Gasteiger partial charge >= 0.3 is 0 Å².